The highest BCUT2D eigenvalue weighted by Crippen LogP contribution is 2.27. The van der Waals surface area contributed by atoms with Crippen molar-refractivity contribution in [1.29, 1.82) is 0 Å². The molecule has 110 valence electrons. The van der Waals surface area contributed by atoms with Crippen molar-refractivity contribution in [2.45, 2.75) is 88.4 Å². The van der Waals surface area contributed by atoms with Crippen LogP contribution < -0.4 is 5.32 Å². The molecule has 1 saturated heterocycles. The van der Waals surface area contributed by atoms with E-state index in [9.17, 15) is 5.11 Å². The van der Waals surface area contributed by atoms with Crippen LogP contribution in [0.4, 0.5) is 0 Å². The lowest BCUT2D eigenvalue weighted by molar-refractivity contribution is 0.0720. The molecular weight excluding hydrogens is 236 g/mol. The van der Waals surface area contributed by atoms with Crippen LogP contribution in [0, 0.1) is 0 Å². The van der Waals surface area contributed by atoms with Gasteiger partial charge in [0.1, 0.15) is 0 Å². The summed E-state index contributed by atoms with van der Waals surface area (Å²) in [5.74, 6) is 0. The highest BCUT2D eigenvalue weighted by atomic mass is 16.3. The fraction of sp³-hybridized carbons (Fsp3) is 1.00. The van der Waals surface area contributed by atoms with E-state index >= 15 is 0 Å². The Kier molecular flexibility index (Phi) is 4.78. The van der Waals surface area contributed by atoms with E-state index < -0.39 is 0 Å². The number of aliphatic hydroxyl groups is 1. The molecular formula is C16H30N2O. The standard InChI is InChI=1S/C16H30N2O/c19-16-8-4-3-7-15(16)17-13-9-11-18(12-10-13)14-5-1-2-6-14/h13-17,19H,1-12H2. The molecule has 3 fully saturated rings. The van der Waals surface area contributed by atoms with Crippen LogP contribution in [0.5, 0.6) is 0 Å². The zero-order valence-electron chi connectivity index (χ0n) is 12.2. The minimum absolute atomic E-state index is 0.0957. The quantitative estimate of drug-likeness (QED) is 0.823. The zero-order chi connectivity index (χ0) is 13.1. The summed E-state index contributed by atoms with van der Waals surface area (Å²) in [6.07, 6.45) is 12.9. The van der Waals surface area contributed by atoms with Crippen LogP contribution in [0.15, 0.2) is 0 Å². The van der Waals surface area contributed by atoms with E-state index in [1.54, 1.807) is 0 Å². The predicted octanol–water partition coefficient (Wildman–Crippen LogP) is 2.29. The van der Waals surface area contributed by atoms with E-state index in [4.69, 9.17) is 0 Å². The summed E-state index contributed by atoms with van der Waals surface area (Å²) in [6.45, 7) is 2.54. The summed E-state index contributed by atoms with van der Waals surface area (Å²) < 4.78 is 0. The molecule has 2 aliphatic carbocycles. The van der Waals surface area contributed by atoms with Gasteiger partial charge in [0.2, 0.25) is 0 Å². The third-order valence-electron chi connectivity index (χ3n) is 5.55. The predicted molar refractivity (Wildman–Crippen MR) is 78.2 cm³/mol. The van der Waals surface area contributed by atoms with Gasteiger partial charge in [-0.25, -0.2) is 0 Å². The van der Waals surface area contributed by atoms with E-state index in [2.05, 4.69) is 10.2 Å². The highest BCUT2D eigenvalue weighted by molar-refractivity contribution is 4.88. The summed E-state index contributed by atoms with van der Waals surface area (Å²) in [7, 11) is 0. The maximum atomic E-state index is 10.1. The second-order valence-electron chi connectivity index (χ2n) is 6.87. The monoisotopic (exact) mass is 266 g/mol. The molecule has 0 bridgehead atoms. The second kappa shape index (κ2) is 6.55. The van der Waals surface area contributed by atoms with Gasteiger partial charge in [-0.2, -0.15) is 0 Å². The smallest absolute Gasteiger partial charge is 0.0693 e. The number of piperidine rings is 1. The lowest BCUT2D eigenvalue weighted by Crippen LogP contribution is -2.52. The maximum Gasteiger partial charge on any atom is 0.0693 e. The first-order chi connectivity index (χ1) is 9.33. The summed E-state index contributed by atoms with van der Waals surface area (Å²) in [5, 5.41) is 13.8. The summed E-state index contributed by atoms with van der Waals surface area (Å²) in [6, 6.07) is 1.91. The Morgan fingerprint density at radius 3 is 2.11 bits per heavy atom. The first-order valence-corrected chi connectivity index (χ1v) is 8.51. The number of hydrogen-bond donors (Lipinski definition) is 2. The van der Waals surface area contributed by atoms with Gasteiger partial charge in [-0.15, -0.1) is 0 Å². The molecule has 2 atom stereocenters. The summed E-state index contributed by atoms with van der Waals surface area (Å²) >= 11 is 0. The van der Waals surface area contributed by atoms with Gasteiger partial charge in [0.05, 0.1) is 6.10 Å². The van der Waals surface area contributed by atoms with E-state index in [-0.39, 0.29) is 6.10 Å². The van der Waals surface area contributed by atoms with Crippen molar-refractivity contribution in [3.63, 3.8) is 0 Å². The van der Waals surface area contributed by atoms with Crippen LogP contribution in [0.25, 0.3) is 0 Å². The third-order valence-corrected chi connectivity index (χ3v) is 5.55. The van der Waals surface area contributed by atoms with Gasteiger partial charge < -0.3 is 15.3 Å². The Morgan fingerprint density at radius 1 is 0.789 bits per heavy atom. The SMILES string of the molecule is OC1CCCCC1NC1CCN(C2CCCC2)CC1. The summed E-state index contributed by atoms with van der Waals surface area (Å²) in [5.41, 5.74) is 0. The Bertz CT molecular complexity index is 270. The van der Waals surface area contributed by atoms with Crippen molar-refractivity contribution in [1.82, 2.24) is 10.2 Å². The molecule has 2 N–H and O–H groups in total. The molecule has 3 nitrogen and oxygen atoms in total. The maximum absolute atomic E-state index is 10.1. The molecule has 0 aromatic heterocycles. The van der Waals surface area contributed by atoms with Crippen molar-refractivity contribution < 1.29 is 5.11 Å². The number of likely N-dealkylation sites (tertiary alicyclic amines) is 1. The minimum Gasteiger partial charge on any atom is -0.392 e. The average Bonchev–Trinajstić information content (AvgIpc) is 2.96. The molecule has 0 amide bonds. The number of hydrogen-bond acceptors (Lipinski definition) is 3. The molecule has 1 heterocycles. The highest BCUT2D eigenvalue weighted by Gasteiger charge is 2.30. The van der Waals surface area contributed by atoms with Crippen LogP contribution in [0.3, 0.4) is 0 Å². The van der Waals surface area contributed by atoms with Crippen LogP contribution >= 0.6 is 0 Å². The van der Waals surface area contributed by atoms with Crippen molar-refractivity contribution in [3.8, 4) is 0 Å². The molecule has 0 radical (unpaired) electrons. The molecule has 3 aliphatic rings. The topological polar surface area (TPSA) is 35.5 Å². The number of nitrogens with one attached hydrogen (secondary N) is 1. The van der Waals surface area contributed by atoms with Crippen molar-refractivity contribution >= 4 is 0 Å². The van der Waals surface area contributed by atoms with Gasteiger partial charge in [-0.05, 0) is 51.6 Å². The minimum atomic E-state index is -0.0957. The van der Waals surface area contributed by atoms with Crippen LogP contribution in [0.2, 0.25) is 0 Å². The molecule has 3 heteroatoms. The largest absolute Gasteiger partial charge is 0.392 e. The molecule has 0 spiro atoms. The Hall–Kier alpha value is -0.120. The van der Waals surface area contributed by atoms with Gasteiger partial charge >= 0.3 is 0 Å². The molecule has 1 aliphatic heterocycles. The second-order valence-corrected chi connectivity index (χ2v) is 6.87. The van der Waals surface area contributed by atoms with Gasteiger partial charge in [0.25, 0.3) is 0 Å². The van der Waals surface area contributed by atoms with Gasteiger partial charge in [-0.1, -0.05) is 25.7 Å². The first-order valence-electron chi connectivity index (χ1n) is 8.51. The molecule has 0 aromatic carbocycles. The molecule has 2 unspecified atom stereocenters. The number of aliphatic hydroxyl groups excluding tert-OH is 1. The Labute approximate surface area is 117 Å². The molecule has 0 aromatic rings. The molecule has 2 saturated carbocycles. The fourth-order valence-electron chi connectivity index (χ4n) is 4.31. The number of rotatable bonds is 3. The zero-order valence-corrected chi connectivity index (χ0v) is 12.2. The lowest BCUT2D eigenvalue weighted by atomic mass is 9.91. The Balaban J connectivity index is 1.42. The summed E-state index contributed by atoms with van der Waals surface area (Å²) in [4.78, 5) is 2.72. The third kappa shape index (κ3) is 3.50. The van der Waals surface area contributed by atoms with E-state index in [0.29, 0.717) is 12.1 Å². The van der Waals surface area contributed by atoms with Crippen molar-refractivity contribution in [3.05, 3.63) is 0 Å². The van der Waals surface area contributed by atoms with Gasteiger partial charge in [-0.3, -0.25) is 0 Å². The van der Waals surface area contributed by atoms with E-state index in [1.807, 2.05) is 0 Å². The molecule has 3 rings (SSSR count). The first kappa shape index (κ1) is 13.8. The average molecular weight is 266 g/mol. The van der Waals surface area contributed by atoms with Crippen molar-refractivity contribution in [2.75, 3.05) is 13.1 Å². The normalized spacial score (nSPS) is 35.8. The molecule has 19 heavy (non-hydrogen) atoms. The lowest BCUT2D eigenvalue weighted by Gasteiger charge is -2.39. The fourth-order valence-corrected chi connectivity index (χ4v) is 4.31. The van der Waals surface area contributed by atoms with E-state index in [0.717, 1.165) is 12.5 Å². The van der Waals surface area contributed by atoms with E-state index in [1.165, 1.54) is 70.9 Å². The van der Waals surface area contributed by atoms with Gasteiger partial charge in [0, 0.05) is 18.1 Å². The van der Waals surface area contributed by atoms with Crippen molar-refractivity contribution in [2.24, 2.45) is 0 Å². The van der Waals surface area contributed by atoms with Crippen LogP contribution in [-0.4, -0.2) is 47.3 Å². The number of nitrogens with zero attached hydrogens (tertiary/aromatic N) is 1. The Morgan fingerprint density at radius 2 is 1.42 bits per heavy atom. The van der Waals surface area contributed by atoms with Crippen LogP contribution in [-0.2, 0) is 0 Å². The van der Waals surface area contributed by atoms with Gasteiger partial charge in [0.15, 0.2) is 0 Å². The van der Waals surface area contributed by atoms with Crippen LogP contribution in [0.1, 0.15) is 64.2 Å².